The molecule has 2 heterocycles. The fourth-order valence-electron chi connectivity index (χ4n) is 1.70. The number of pyridine rings is 1. The van der Waals surface area contributed by atoms with Crippen LogP contribution in [-0.4, -0.2) is 27.3 Å². The normalized spacial score (nSPS) is 10.3. The van der Waals surface area contributed by atoms with E-state index in [1.165, 1.54) is 16.3 Å². The molecule has 0 aliphatic heterocycles. The third-order valence-electron chi connectivity index (χ3n) is 2.31. The number of rotatable bonds is 0. The minimum atomic E-state index is 0. The van der Waals surface area contributed by atoms with Gasteiger partial charge in [-0.15, -0.1) is 0 Å². The minimum absolute atomic E-state index is 0. The van der Waals surface area contributed by atoms with Gasteiger partial charge < -0.3 is 4.98 Å². The van der Waals surface area contributed by atoms with E-state index in [4.69, 9.17) is 0 Å². The number of para-hydroxylation sites is 1. The zero-order valence-corrected chi connectivity index (χ0v) is 8.72. The first-order valence-corrected chi connectivity index (χ1v) is 4.25. The first-order valence-electron chi connectivity index (χ1n) is 4.25. The van der Waals surface area contributed by atoms with E-state index in [9.17, 15) is 0 Å². The van der Waals surface area contributed by atoms with E-state index in [1.54, 1.807) is 0 Å². The number of aromatic amines is 1. The second-order valence-corrected chi connectivity index (χ2v) is 3.09. The molecular weight excluding hydrogens is 187 g/mol. The molecule has 0 unspecified atom stereocenters. The molecule has 0 saturated heterocycles. The lowest BCUT2D eigenvalue weighted by Crippen LogP contribution is -1.68. The van der Waals surface area contributed by atoms with Gasteiger partial charge in [0.1, 0.15) is 0 Å². The number of fused-ring (bicyclic) bond motifs is 3. The first-order chi connectivity index (χ1) is 6.45. The molecule has 3 aromatic rings. The minimum Gasteiger partial charge on any atom is -0.353 e. The van der Waals surface area contributed by atoms with Crippen molar-refractivity contribution < 1.29 is 0 Å². The van der Waals surface area contributed by atoms with Gasteiger partial charge >= 0.3 is 0 Å². The summed E-state index contributed by atoms with van der Waals surface area (Å²) >= 11 is 0. The second-order valence-electron chi connectivity index (χ2n) is 3.09. The quantitative estimate of drug-likeness (QED) is 0.548. The Kier molecular flexibility index (Phi) is 2.29. The van der Waals surface area contributed by atoms with Crippen molar-refractivity contribution in [2.75, 3.05) is 0 Å². The largest absolute Gasteiger partial charge is 0.353 e. The van der Waals surface area contributed by atoms with Gasteiger partial charge in [0.25, 0.3) is 0 Å². The van der Waals surface area contributed by atoms with Gasteiger partial charge in [0.2, 0.25) is 0 Å². The van der Waals surface area contributed by atoms with E-state index in [0.717, 1.165) is 5.52 Å². The summed E-state index contributed by atoms with van der Waals surface area (Å²) in [6.45, 7) is 0. The van der Waals surface area contributed by atoms with Crippen LogP contribution in [0.5, 0.6) is 0 Å². The number of H-pyrrole nitrogens is 1. The summed E-state index contributed by atoms with van der Waals surface area (Å²) in [6, 6.07) is 10.3. The van der Waals surface area contributed by atoms with Crippen LogP contribution in [0.4, 0.5) is 0 Å². The number of hydrogen-bond acceptors (Lipinski definition) is 1. The highest BCUT2D eigenvalue weighted by Gasteiger charge is 2.00. The van der Waals surface area contributed by atoms with Gasteiger partial charge in [-0.25, -0.2) is 0 Å². The highest BCUT2D eigenvalue weighted by molar-refractivity contribution is 6.06. The molecule has 65 valence electrons. The lowest BCUT2D eigenvalue weighted by Gasteiger charge is -1.87. The fourth-order valence-corrected chi connectivity index (χ4v) is 1.70. The van der Waals surface area contributed by atoms with Crippen LogP contribution in [0.2, 0.25) is 0 Å². The summed E-state index contributed by atoms with van der Waals surface area (Å²) in [4.78, 5) is 7.39. The van der Waals surface area contributed by atoms with Gasteiger partial charge in [-0.05, 0) is 12.1 Å². The zero-order chi connectivity index (χ0) is 8.67. The van der Waals surface area contributed by atoms with Gasteiger partial charge in [0.05, 0.1) is 11.7 Å². The summed E-state index contributed by atoms with van der Waals surface area (Å²) in [5.74, 6) is 0. The van der Waals surface area contributed by atoms with Crippen LogP contribution in [0.15, 0.2) is 42.7 Å². The molecule has 2 nitrogen and oxygen atoms in total. The Morgan fingerprint density at radius 1 is 0.929 bits per heavy atom. The zero-order valence-electron chi connectivity index (χ0n) is 7.57. The monoisotopic (exact) mass is 195 g/mol. The molecule has 0 bridgehead atoms. The molecule has 14 heavy (non-hydrogen) atoms. The predicted molar refractivity (Wildman–Crippen MR) is 59.4 cm³/mol. The van der Waals surface area contributed by atoms with Crippen LogP contribution < -0.4 is 0 Å². The molecule has 3 rings (SSSR count). The maximum atomic E-state index is 4.08. The smallest absolute Gasteiger partial charge is 0.0651 e. The topological polar surface area (TPSA) is 28.7 Å². The third kappa shape index (κ3) is 1.22. The summed E-state index contributed by atoms with van der Waals surface area (Å²) in [6.07, 6.45) is 3.68. The molecular formula is C11H8AlN2. The molecule has 1 aromatic carbocycles. The van der Waals surface area contributed by atoms with E-state index in [-0.39, 0.29) is 17.4 Å². The van der Waals surface area contributed by atoms with Crippen molar-refractivity contribution in [1.29, 1.82) is 0 Å². The van der Waals surface area contributed by atoms with Crippen LogP contribution in [0.25, 0.3) is 21.8 Å². The summed E-state index contributed by atoms with van der Waals surface area (Å²) < 4.78 is 0. The summed E-state index contributed by atoms with van der Waals surface area (Å²) in [5, 5.41) is 2.51. The molecule has 0 aliphatic carbocycles. The lowest BCUT2D eigenvalue weighted by atomic mass is 10.2. The van der Waals surface area contributed by atoms with Gasteiger partial charge in [0.15, 0.2) is 0 Å². The van der Waals surface area contributed by atoms with Crippen molar-refractivity contribution in [3.63, 3.8) is 0 Å². The van der Waals surface area contributed by atoms with E-state index >= 15 is 0 Å². The summed E-state index contributed by atoms with van der Waals surface area (Å²) in [7, 11) is 0. The molecule has 0 saturated carbocycles. The van der Waals surface area contributed by atoms with Gasteiger partial charge in [-0.1, -0.05) is 18.2 Å². The highest BCUT2D eigenvalue weighted by atomic mass is 27.0. The molecule has 3 radical (unpaired) electrons. The second kappa shape index (κ2) is 3.45. The van der Waals surface area contributed by atoms with Crippen molar-refractivity contribution in [2.24, 2.45) is 0 Å². The fraction of sp³-hybridized carbons (Fsp3) is 0. The lowest BCUT2D eigenvalue weighted by molar-refractivity contribution is 1.35. The number of nitrogens with zero attached hydrogens (tertiary/aromatic N) is 1. The van der Waals surface area contributed by atoms with Gasteiger partial charge in [0, 0.05) is 39.8 Å². The Balaban J connectivity index is 0.000000750. The Labute approximate surface area is 92.1 Å². The van der Waals surface area contributed by atoms with Crippen LogP contribution >= 0.6 is 0 Å². The molecule has 0 aliphatic rings. The average molecular weight is 195 g/mol. The van der Waals surface area contributed by atoms with Gasteiger partial charge in [-0.3, -0.25) is 4.98 Å². The van der Waals surface area contributed by atoms with Crippen LogP contribution in [0.3, 0.4) is 0 Å². The molecule has 3 heteroatoms. The van der Waals surface area contributed by atoms with Crippen molar-refractivity contribution in [3.8, 4) is 0 Å². The molecule has 0 spiro atoms. The summed E-state index contributed by atoms with van der Waals surface area (Å²) in [5.41, 5.74) is 2.27. The molecule has 1 N–H and O–H groups in total. The first kappa shape index (κ1) is 9.26. The van der Waals surface area contributed by atoms with Crippen LogP contribution in [0.1, 0.15) is 0 Å². The van der Waals surface area contributed by atoms with Crippen molar-refractivity contribution >= 4 is 39.2 Å². The van der Waals surface area contributed by atoms with Crippen molar-refractivity contribution in [3.05, 3.63) is 42.7 Å². The SMILES string of the molecule is [Al].c1ccc2c(c1)[nH]c1cnccc12. The number of hydrogen-bond donors (Lipinski definition) is 1. The van der Waals surface area contributed by atoms with Crippen molar-refractivity contribution in [2.45, 2.75) is 0 Å². The predicted octanol–water partition coefficient (Wildman–Crippen LogP) is 2.34. The number of nitrogens with one attached hydrogen (secondary N) is 1. The van der Waals surface area contributed by atoms with E-state index < -0.39 is 0 Å². The van der Waals surface area contributed by atoms with Crippen LogP contribution in [-0.2, 0) is 0 Å². The van der Waals surface area contributed by atoms with Crippen molar-refractivity contribution in [1.82, 2.24) is 9.97 Å². The molecule has 0 amide bonds. The highest BCUT2D eigenvalue weighted by Crippen LogP contribution is 2.23. The number of aromatic nitrogens is 2. The molecule has 0 atom stereocenters. The maximum Gasteiger partial charge on any atom is 0.0651 e. The Bertz CT molecular complexity index is 521. The Morgan fingerprint density at radius 2 is 1.71 bits per heavy atom. The number of benzene rings is 1. The molecule has 0 fully saturated rings. The molecule has 2 aromatic heterocycles. The third-order valence-corrected chi connectivity index (χ3v) is 2.31. The standard InChI is InChI=1S/C11H8N2.Al/c1-2-4-10-8(3-1)9-5-6-12-7-11(9)13-10;/h1-7,13H;. The van der Waals surface area contributed by atoms with E-state index in [2.05, 4.69) is 28.2 Å². The van der Waals surface area contributed by atoms with E-state index in [1.807, 2.05) is 24.5 Å². The van der Waals surface area contributed by atoms with Gasteiger partial charge in [-0.2, -0.15) is 0 Å². The average Bonchev–Trinajstić information content (AvgIpc) is 2.56. The Hall–Kier alpha value is -1.30. The van der Waals surface area contributed by atoms with E-state index in [0.29, 0.717) is 0 Å². The van der Waals surface area contributed by atoms with Crippen LogP contribution in [0, 0.1) is 0 Å². The maximum absolute atomic E-state index is 4.08. The Morgan fingerprint density at radius 3 is 2.64 bits per heavy atom.